The summed E-state index contributed by atoms with van der Waals surface area (Å²) in [6.07, 6.45) is 2.79. The van der Waals surface area contributed by atoms with Crippen LogP contribution in [0.25, 0.3) is 6.08 Å². The van der Waals surface area contributed by atoms with Gasteiger partial charge in [-0.25, -0.2) is 4.79 Å². The first kappa shape index (κ1) is 17.0. The Morgan fingerprint density at radius 2 is 1.83 bits per heavy atom. The van der Waals surface area contributed by atoms with Crippen LogP contribution < -0.4 is 4.74 Å². The summed E-state index contributed by atoms with van der Waals surface area (Å²) < 4.78 is 10.0. The lowest BCUT2D eigenvalue weighted by atomic mass is 10.1. The number of esters is 1. The van der Waals surface area contributed by atoms with Gasteiger partial charge in [-0.1, -0.05) is 24.3 Å². The van der Waals surface area contributed by atoms with E-state index in [0.717, 1.165) is 5.56 Å². The Labute approximate surface area is 139 Å². The van der Waals surface area contributed by atoms with E-state index < -0.39 is 5.97 Å². The van der Waals surface area contributed by atoms with Crippen LogP contribution in [-0.4, -0.2) is 25.5 Å². The number of methoxy groups -OCH3 is 1. The van der Waals surface area contributed by atoms with Crippen molar-refractivity contribution >= 4 is 17.8 Å². The Kier molecular flexibility index (Phi) is 5.87. The van der Waals surface area contributed by atoms with Crippen LogP contribution in [0, 0.1) is 11.3 Å². The average molecular weight is 321 g/mol. The molecule has 24 heavy (non-hydrogen) atoms. The molecule has 120 valence electrons. The molecule has 0 unspecified atom stereocenters. The van der Waals surface area contributed by atoms with E-state index in [9.17, 15) is 9.59 Å². The van der Waals surface area contributed by atoms with Gasteiger partial charge in [0.15, 0.2) is 6.61 Å². The molecule has 0 aliphatic carbocycles. The zero-order chi connectivity index (χ0) is 17.4. The van der Waals surface area contributed by atoms with Crippen LogP contribution in [0.1, 0.15) is 21.5 Å². The van der Waals surface area contributed by atoms with E-state index in [1.54, 1.807) is 54.6 Å². The Morgan fingerprint density at radius 1 is 1.12 bits per heavy atom. The topological polar surface area (TPSA) is 76.4 Å². The van der Waals surface area contributed by atoms with E-state index in [-0.39, 0.29) is 12.4 Å². The highest BCUT2D eigenvalue weighted by Crippen LogP contribution is 2.17. The number of rotatable bonds is 6. The molecule has 0 atom stereocenters. The van der Waals surface area contributed by atoms with Crippen molar-refractivity contribution in [2.24, 2.45) is 0 Å². The third-order valence-electron chi connectivity index (χ3n) is 3.20. The number of hydrogen-bond acceptors (Lipinski definition) is 5. The maximum absolute atomic E-state index is 12.1. The standard InChI is InChI=1S/C19H15NO4/c1-23-18-5-3-2-4-16(18)17(21)13-24-19(22)11-10-14-6-8-15(12-20)9-7-14/h2-11H,13H2,1H3/b11-10+. The van der Waals surface area contributed by atoms with Gasteiger partial charge in [0, 0.05) is 6.08 Å². The molecule has 0 aliphatic rings. The molecule has 0 aromatic heterocycles. The van der Waals surface area contributed by atoms with Crippen LogP contribution >= 0.6 is 0 Å². The molecule has 2 rings (SSSR count). The van der Waals surface area contributed by atoms with Crippen molar-refractivity contribution in [2.45, 2.75) is 0 Å². The largest absolute Gasteiger partial charge is 0.496 e. The third kappa shape index (κ3) is 4.55. The van der Waals surface area contributed by atoms with E-state index in [1.165, 1.54) is 13.2 Å². The van der Waals surface area contributed by atoms with E-state index in [2.05, 4.69) is 0 Å². The SMILES string of the molecule is COc1ccccc1C(=O)COC(=O)/C=C/c1ccc(C#N)cc1. The molecule has 0 saturated heterocycles. The number of para-hydroxylation sites is 1. The highest BCUT2D eigenvalue weighted by atomic mass is 16.5. The number of nitrogens with zero attached hydrogens (tertiary/aromatic N) is 1. The normalized spacial score (nSPS) is 10.2. The van der Waals surface area contributed by atoms with Crippen molar-refractivity contribution < 1.29 is 19.1 Å². The molecule has 0 bridgehead atoms. The van der Waals surface area contributed by atoms with Gasteiger partial charge >= 0.3 is 5.97 Å². The number of ketones is 1. The molecule has 0 saturated carbocycles. The van der Waals surface area contributed by atoms with Crippen molar-refractivity contribution in [1.29, 1.82) is 5.26 Å². The van der Waals surface area contributed by atoms with Gasteiger partial charge in [-0.2, -0.15) is 5.26 Å². The summed E-state index contributed by atoms with van der Waals surface area (Å²) in [7, 11) is 1.47. The Balaban J connectivity index is 1.91. The number of carbonyl (C=O) groups excluding carboxylic acids is 2. The van der Waals surface area contributed by atoms with E-state index in [4.69, 9.17) is 14.7 Å². The van der Waals surface area contributed by atoms with Crippen LogP contribution in [0.2, 0.25) is 0 Å². The number of nitriles is 1. The molecular weight excluding hydrogens is 306 g/mol. The highest BCUT2D eigenvalue weighted by molar-refractivity contribution is 6.01. The minimum atomic E-state index is -0.623. The minimum absolute atomic E-state index is 0.340. The molecular formula is C19H15NO4. The summed E-state index contributed by atoms with van der Waals surface area (Å²) in [6.45, 7) is -0.364. The highest BCUT2D eigenvalue weighted by Gasteiger charge is 2.13. The van der Waals surface area contributed by atoms with Gasteiger partial charge in [0.25, 0.3) is 0 Å². The predicted molar refractivity (Wildman–Crippen MR) is 88.5 cm³/mol. The van der Waals surface area contributed by atoms with Crippen molar-refractivity contribution in [3.8, 4) is 11.8 Å². The van der Waals surface area contributed by atoms with Crippen LogP contribution in [0.4, 0.5) is 0 Å². The first-order valence-electron chi connectivity index (χ1n) is 7.15. The molecule has 0 fully saturated rings. The molecule has 0 amide bonds. The van der Waals surface area contributed by atoms with E-state index in [1.807, 2.05) is 6.07 Å². The first-order chi connectivity index (χ1) is 11.6. The van der Waals surface area contributed by atoms with Gasteiger partial charge in [0.1, 0.15) is 5.75 Å². The summed E-state index contributed by atoms with van der Waals surface area (Å²) in [6, 6.07) is 15.5. The summed E-state index contributed by atoms with van der Waals surface area (Å²) >= 11 is 0. The lowest BCUT2D eigenvalue weighted by Gasteiger charge is -2.07. The summed E-state index contributed by atoms with van der Waals surface area (Å²) in [4.78, 5) is 23.7. The monoisotopic (exact) mass is 321 g/mol. The van der Waals surface area contributed by atoms with Crippen molar-refractivity contribution in [1.82, 2.24) is 0 Å². The van der Waals surface area contributed by atoms with E-state index >= 15 is 0 Å². The zero-order valence-electron chi connectivity index (χ0n) is 13.1. The molecule has 2 aromatic rings. The summed E-state index contributed by atoms with van der Waals surface area (Å²) in [5.41, 5.74) is 1.66. The van der Waals surface area contributed by atoms with Gasteiger partial charge in [-0.15, -0.1) is 0 Å². The smallest absolute Gasteiger partial charge is 0.331 e. The van der Waals surface area contributed by atoms with Gasteiger partial charge in [0.05, 0.1) is 24.3 Å². The van der Waals surface area contributed by atoms with Crippen molar-refractivity contribution in [3.05, 3.63) is 71.3 Å². The molecule has 5 nitrogen and oxygen atoms in total. The van der Waals surface area contributed by atoms with Crippen LogP contribution in [0.3, 0.4) is 0 Å². The summed E-state index contributed by atoms with van der Waals surface area (Å²) in [5.74, 6) is -0.526. The number of benzene rings is 2. The molecule has 0 spiro atoms. The third-order valence-corrected chi connectivity index (χ3v) is 3.20. The number of Topliss-reactive ketones (excluding diaryl/α,β-unsaturated/α-hetero) is 1. The fourth-order valence-corrected chi connectivity index (χ4v) is 1.97. The second-order valence-electron chi connectivity index (χ2n) is 4.80. The summed E-state index contributed by atoms with van der Waals surface area (Å²) in [5, 5.41) is 8.72. The average Bonchev–Trinajstić information content (AvgIpc) is 2.64. The van der Waals surface area contributed by atoms with Crippen LogP contribution in [0.5, 0.6) is 5.75 Å². The number of ether oxygens (including phenoxy) is 2. The zero-order valence-corrected chi connectivity index (χ0v) is 13.1. The minimum Gasteiger partial charge on any atom is -0.496 e. The fraction of sp³-hybridized carbons (Fsp3) is 0.105. The van der Waals surface area contributed by atoms with Gasteiger partial charge in [-0.3, -0.25) is 4.79 Å². The van der Waals surface area contributed by atoms with Gasteiger partial charge in [0.2, 0.25) is 5.78 Å². The second kappa shape index (κ2) is 8.30. The molecule has 0 N–H and O–H groups in total. The second-order valence-corrected chi connectivity index (χ2v) is 4.80. The number of hydrogen-bond donors (Lipinski definition) is 0. The predicted octanol–water partition coefficient (Wildman–Crippen LogP) is 3.01. The van der Waals surface area contributed by atoms with Crippen molar-refractivity contribution in [2.75, 3.05) is 13.7 Å². The molecule has 2 aromatic carbocycles. The van der Waals surface area contributed by atoms with E-state index in [0.29, 0.717) is 16.9 Å². The molecule has 5 heteroatoms. The Morgan fingerprint density at radius 3 is 2.50 bits per heavy atom. The number of carbonyl (C=O) groups is 2. The van der Waals surface area contributed by atoms with Gasteiger partial charge in [-0.05, 0) is 35.9 Å². The lowest BCUT2D eigenvalue weighted by Crippen LogP contribution is -2.13. The maximum Gasteiger partial charge on any atom is 0.331 e. The quantitative estimate of drug-likeness (QED) is 0.464. The Bertz CT molecular complexity index is 801. The lowest BCUT2D eigenvalue weighted by molar-refractivity contribution is -0.136. The fourth-order valence-electron chi connectivity index (χ4n) is 1.97. The molecule has 0 aliphatic heterocycles. The molecule has 0 radical (unpaired) electrons. The Hall–Kier alpha value is -3.39. The van der Waals surface area contributed by atoms with Gasteiger partial charge < -0.3 is 9.47 Å². The maximum atomic E-state index is 12.1. The first-order valence-corrected chi connectivity index (χ1v) is 7.15. The van der Waals surface area contributed by atoms with Crippen molar-refractivity contribution in [3.63, 3.8) is 0 Å². The molecule has 0 heterocycles. The van der Waals surface area contributed by atoms with Crippen LogP contribution in [-0.2, 0) is 9.53 Å². The van der Waals surface area contributed by atoms with Crippen LogP contribution in [0.15, 0.2) is 54.6 Å².